The third-order valence-electron chi connectivity index (χ3n) is 3.61. The summed E-state index contributed by atoms with van der Waals surface area (Å²) in [6.45, 7) is 3.15. The summed E-state index contributed by atoms with van der Waals surface area (Å²) in [5.74, 6) is -2.26. The van der Waals surface area contributed by atoms with E-state index in [0.29, 0.717) is 0 Å². The molecule has 0 radical (unpaired) electrons. The maximum Gasteiger partial charge on any atom is 0.311 e. The predicted octanol–water partition coefficient (Wildman–Crippen LogP) is 1.12. The Labute approximate surface area is 159 Å². The third-order valence-corrected chi connectivity index (χ3v) is 3.61. The number of esters is 3. The van der Waals surface area contributed by atoms with Crippen LogP contribution in [0.5, 0.6) is 5.75 Å². The molecule has 152 valence electrons. The van der Waals surface area contributed by atoms with Gasteiger partial charge in [0, 0.05) is 26.8 Å². The van der Waals surface area contributed by atoms with Gasteiger partial charge in [0.05, 0.1) is 11.5 Å². The second kappa shape index (κ2) is 9.13. The van der Waals surface area contributed by atoms with Gasteiger partial charge in [-0.25, -0.2) is 0 Å². The summed E-state index contributed by atoms with van der Waals surface area (Å²) in [7, 11) is 0. The van der Waals surface area contributed by atoms with Gasteiger partial charge >= 0.3 is 23.6 Å². The molecular weight excluding hydrogens is 378 g/mol. The first-order valence-electron chi connectivity index (χ1n) is 8.22. The fourth-order valence-electron chi connectivity index (χ4n) is 2.64. The average Bonchev–Trinajstić information content (AvgIpc) is 2.59. The fraction of sp³-hybridized carbons (Fsp3) is 0.471. The highest BCUT2D eigenvalue weighted by molar-refractivity contribution is 5.68. The van der Waals surface area contributed by atoms with Crippen LogP contribution in [0.3, 0.4) is 0 Å². The number of hydrogen-bond donors (Lipinski definition) is 0. The molecule has 0 saturated carbocycles. The van der Waals surface area contributed by atoms with Gasteiger partial charge in [-0.15, -0.1) is 0 Å². The van der Waals surface area contributed by atoms with Crippen molar-refractivity contribution in [1.82, 2.24) is 0 Å². The Bertz CT molecular complexity index is 764. The van der Waals surface area contributed by atoms with E-state index in [-0.39, 0.29) is 18.0 Å². The Morgan fingerprint density at radius 1 is 1.00 bits per heavy atom. The number of nitro benzene ring substituents is 1. The Morgan fingerprint density at radius 3 is 2.14 bits per heavy atom. The van der Waals surface area contributed by atoms with Gasteiger partial charge in [0.15, 0.2) is 18.0 Å². The minimum atomic E-state index is -1.35. The zero-order chi connectivity index (χ0) is 20.8. The van der Waals surface area contributed by atoms with Crippen LogP contribution in [0.4, 0.5) is 5.69 Å². The van der Waals surface area contributed by atoms with Crippen LogP contribution in [0.2, 0.25) is 0 Å². The largest absolute Gasteiger partial charge is 0.456 e. The molecule has 11 heteroatoms. The summed E-state index contributed by atoms with van der Waals surface area (Å²) in [4.78, 5) is 44.9. The lowest BCUT2D eigenvalue weighted by atomic mass is 10.0. The van der Waals surface area contributed by atoms with E-state index in [1.165, 1.54) is 24.3 Å². The van der Waals surface area contributed by atoms with E-state index in [0.717, 1.165) is 20.8 Å². The minimum Gasteiger partial charge on any atom is -0.456 e. The van der Waals surface area contributed by atoms with Crippen LogP contribution < -0.4 is 4.74 Å². The average molecular weight is 397 g/mol. The molecule has 11 nitrogen and oxygen atoms in total. The molecule has 1 heterocycles. The van der Waals surface area contributed by atoms with E-state index in [2.05, 4.69) is 0 Å². The number of para-hydroxylation sites is 2. The maximum atomic E-state index is 11.6. The number of hydrogen-bond acceptors (Lipinski definition) is 10. The lowest BCUT2D eigenvalue weighted by Crippen LogP contribution is -2.59. The van der Waals surface area contributed by atoms with Crippen LogP contribution in [0.15, 0.2) is 24.3 Å². The molecule has 28 heavy (non-hydrogen) atoms. The number of carbonyl (C=O) groups is 3. The number of nitro groups is 1. The summed E-state index contributed by atoms with van der Waals surface area (Å²) in [5.41, 5.74) is -0.334. The lowest BCUT2D eigenvalue weighted by molar-refractivity contribution is -0.386. The minimum absolute atomic E-state index is 0.137. The summed E-state index contributed by atoms with van der Waals surface area (Å²) >= 11 is 0. The van der Waals surface area contributed by atoms with Crippen molar-refractivity contribution >= 4 is 23.6 Å². The van der Waals surface area contributed by atoms with Crippen molar-refractivity contribution in [2.24, 2.45) is 0 Å². The van der Waals surface area contributed by atoms with Crippen LogP contribution in [-0.4, -0.2) is 54.0 Å². The van der Waals surface area contributed by atoms with Crippen LogP contribution in [0.25, 0.3) is 0 Å². The van der Waals surface area contributed by atoms with Crippen molar-refractivity contribution in [3.05, 3.63) is 34.4 Å². The lowest BCUT2D eigenvalue weighted by Gasteiger charge is -2.39. The summed E-state index contributed by atoms with van der Waals surface area (Å²) < 4.78 is 26.5. The molecule has 0 unspecified atom stereocenters. The second-order valence-corrected chi connectivity index (χ2v) is 5.84. The maximum absolute atomic E-state index is 11.6. The van der Waals surface area contributed by atoms with Crippen molar-refractivity contribution in [3.8, 4) is 5.75 Å². The molecule has 1 saturated heterocycles. The molecule has 1 aliphatic rings. The van der Waals surface area contributed by atoms with E-state index in [9.17, 15) is 24.5 Å². The fourth-order valence-corrected chi connectivity index (χ4v) is 2.64. The molecule has 1 fully saturated rings. The highest BCUT2D eigenvalue weighted by Gasteiger charge is 2.48. The first-order valence-corrected chi connectivity index (χ1v) is 8.22. The quantitative estimate of drug-likeness (QED) is 0.297. The number of benzene rings is 1. The standard InChI is InChI=1S/C17H19NO10/c1-9(19)25-14-8-24-17(16(27-11(3)21)15(14)26-10(2)20)28-13-7-5-4-6-12(13)18(22)23/h4-7,14-17H,8H2,1-3H3/t14-,15-,16-,17+/m1/s1. The Morgan fingerprint density at radius 2 is 1.57 bits per heavy atom. The van der Waals surface area contributed by atoms with Gasteiger partial charge < -0.3 is 23.7 Å². The van der Waals surface area contributed by atoms with Crippen molar-refractivity contribution in [2.45, 2.75) is 45.4 Å². The SMILES string of the molecule is CC(=O)O[C@H]1[C@H](Oc2ccccc2[N+](=O)[O-])OC[C@@H](OC(C)=O)[C@H]1OC(C)=O. The molecule has 0 bridgehead atoms. The molecule has 4 atom stereocenters. The van der Waals surface area contributed by atoms with Crippen molar-refractivity contribution in [3.63, 3.8) is 0 Å². The van der Waals surface area contributed by atoms with E-state index >= 15 is 0 Å². The van der Waals surface area contributed by atoms with E-state index in [1.54, 1.807) is 0 Å². The topological polar surface area (TPSA) is 141 Å². The van der Waals surface area contributed by atoms with Crippen LogP contribution in [0.1, 0.15) is 20.8 Å². The second-order valence-electron chi connectivity index (χ2n) is 5.84. The van der Waals surface area contributed by atoms with Gasteiger partial charge in [-0.1, -0.05) is 12.1 Å². The van der Waals surface area contributed by atoms with E-state index < -0.39 is 47.4 Å². The Hall–Kier alpha value is -3.21. The number of rotatable bonds is 6. The van der Waals surface area contributed by atoms with Gasteiger partial charge in [0.1, 0.15) is 0 Å². The van der Waals surface area contributed by atoms with Gasteiger partial charge in [0.25, 0.3) is 0 Å². The Balaban J connectivity index is 2.34. The van der Waals surface area contributed by atoms with Crippen LogP contribution in [0, 0.1) is 10.1 Å². The molecule has 0 aromatic heterocycles. The molecule has 0 aliphatic carbocycles. The number of nitrogens with zero attached hydrogens (tertiary/aromatic N) is 1. The first-order chi connectivity index (χ1) is 13.2. The predicted molar refractivity (Wildman–Crippen MR) is 90.1 cm³/mol. The van der Waals surface area contributed by atoms with E-state index in [1.807, 2.05) is 0 Å². The van der Waals surface area contributed by atoms with Gasteiger partial charge in [-0.2, -0.15) is 0 Å². The zero-order valence-corrected chi connectivity index (χ0v) is 15.4. The highest BCUT2D eigenvalue weighted by Crippen LogP contribution is 2.31. The molecule has 0 N–H and O–H groups in total. The van der Waals surface area contributed by atoms with Crippen molar-refractivity contribution in [2.75, 3.05) is 6.61 Å². The van der Waals surface area contributed by atoms with Crippen molar-refractivity contribution < 1.29 is 43.0 Å². The summed E-state index contributed by atoms with van der Waals surface area (Å²) in [5, 5.41) is 11.2. The third kappa shape index (κ3) is 5.39. The molecular formula is C17H19NO10. The molecule has 1 aliphatic heterocycles. The smallest absolute Gasteiger partial charge is 0.311 e. The van der Waals surface area contributed by atoms with Crippen LogP contribution in [-0.2, 0) is 33.3 Å². The Kier molecular flexibility index (Phi) is 6.88. The van der Waals surface area contributed by atoms with E-state index in [4.69, 9.17) is 23.7 Å². The van der Waals surface area contributed by atoms with Crippen molar-refractivity contribution in [1.29, 1.82) is 0 Å². The molecule has 1 aromatic carbocycles. The number of ether oxygens (including phenoxy) is 5. The number of carbonyl (C=O) groups excluding carboxylic acids is 3. The molecule has 1 aromatic rings. The molecule has 0 spiro atoms. The molecule has 2 rings (SSSR count). The monoisotopic (exact) mass is 397 g/mol. The summed E-state index contributed by atoms with van der Waals surface area (Å²) in [6.07, 6.45) is -4.97. The molecule has 0 amide bonds. The van der Waals surface area contributed by atoms with Gasteiger partial charge in [-0.05, 0) is 6.07 Å². The first kappa shape index (κ1) is 21.1. The summed E-state index contributed by atoms with van der Waals surface area (Å²) in [6, 6.07) is 5.53. The van der Waals surface area contributed by atoms with Gasteiger partial charge in [-0.3, -0.25) is 24.5 Å². The normalized spacial score (nSPS) is 24.0. The van der Waals surface area contributed by atoms with Gasteiger partial charge in [0.2, 0.25) is 12.4 Å². The highest BCUT2D eigenvalue weighted by atomic mass is 16.7. The zero-order valence-electron chi connectivity index (χ0n) is 15.4. The van der Waals surface area contributed by atoms with Crippen LogP contribution >= 0.6 is 0 Å².